The molecule has 6 heteroatoms. The number of rotatable bonds is 3. The van der Waals surface area contributed by atoms with Crippen molar-refractivity contribution >= 4 is 5.69 Å². The Kier molecular flexibility index (Phi) is 3.89. The molecule has 0 bridgehead atoms. The minimum atomic E-state index is -4.34. The highest BCUT2D eigenvalue weighted by molar-refractivity contribution is 5.43. The smallest absolute Gasteiger partial charge is 0.380 e. The van der Waals surface area contributed by atoms with Gasteiger partial charge in [0.15, 0.2) is 0 Å². The summed E-state index contributed by atoms with van der Waals surface area (Å²) < 4.78 is 37.7. The molecule has 1 N–H and O–H groups in total. The maximum Gasteiger partial charge on any atom is 0.416 e. The third-order valence-corrected chi connectivity index (χ3v) is 2.63. The molecule has 2 rings (SSSR count). The van der Waals surface area contributed by atoms with Gasteiger partial charge in [0, 0.05) is 6.54 Å². The largest absolute Gasteiger partial charge is 0.416 e. The van der Waals surface area contributed by atoms with Crippen LogP contribution in [0.1, 0.15) is 16.8 Å². The number of nitrogens with zero attached hydrogens (tertiary/aromatic N) is 2. The van der Waals surface area contributed by atoms with Crippen molar-refractivity contribution in [2.75, 3.05) is 5.32 Å². The molecule has 20 heavy (non-hydrogen) atoms. The Hall–Kier alpha value is -2.55. The molecule has 1 aromatic carbocycles. The van der Waals surface area contributed by atoms with Crippen LogP contribution < -0.4 is 5.32 Å². The van der Waals surface area contributed by atoms with E-state index in [0.717, 1.165) is 12.1 Å². The number of aromatic nitrogens is 1. The number of halogens is 3. The van der Waals surface area contributed by atoms with E-state index < -0.39 is 11.7 Å². The predicted molar refractivity (Wildman–Crippen MR) is 67.7 cm³/mol. The van der Waals surface area contributed by atoms with Gasteiger partial charge in [0.1, 0.15) is 11.8 Å². The van der Waals surface area contributed by atoms with Crippen molar-refractivity contribution in [1.82, 2.24) is 4.98 Å². The van der Waals surface area contributed by atoms with Crippen LogP contribution in [-0.2, 0) is 12.7 Å². The Labute approximate surface area is 113 Å². The fraction of sp³-hybridized carbons (Fsp3) is 0.143. The zero-order chi connectivity index (χ0) is 14.6. The summed E-state index contributed by atoms with van der Waals surface area (Å²) in [5.74, 6) is 0. The highest BCUT2D eigenvalue weighted by atomic mass is 19.4. The molecule has 0 saturated heterocycles. The van der Waals surface area contributed by atoms with Gasteiger partial charge >= 0.3 is 6.18 Å². The van der Waals surface area contributed by atoms with Crippen LogP contribution in [0.2, 0.25) is 0 Å². The third-order valence-electron chi connectivity index (χ3n) is 2.63. The van der Waals surface area contributed by atoms with Gasteiger partial charge in [0.2, 0.25) is 0 Å². The Morgan fingerprint density at radius 2 is 2.00 bits per heavy atom. The van der Waals surface area contributed by atoms with E-state index in [9.17, 15) is 13.2 Å². The van der Waals surface area contributed by atoms with Crippen molar-refractivity contribution in [3.05, 3.63) is 59.4 Å². The molecular weight excluding hydrogens is 267 g/mol. The van der Waals surface area contributed by atoms with Crippen molar-refractivity contribution in [2.24, 2.45) is 0 Å². The molecule has 1 heterocycles. The summed E-state index contributed by atoms with van der Waals surface area (Å²) in [6.45, 7) is 0.248. The van der Waals surface area contributed by atoms with Crippen LogP contribution in [0.3, 0.4) is 0 Å². The van der Waals surface area contributed by atoms with E-state index in [4.69, 9.17) is 5.26 Å². The molecule has 0 aliphatic carbocycles. The first-order chi connectivity index (χ1) is 9.49. The van der Waals surface area contributed by atoms with E-state index in [-0.39, 0.29) is 12.2 Å². The lowest BCUT2D eigenvalue weighted by Gasteiger charge is -2.10. The van der Waals surface area contributed by atoms with Crippen LogP contribution >= 0.6 is 0 Å². The zero-order valence-corrected chi connectivity index (χ0v) is 10.3. The third kappa shape index (κ3) is 3.48. The fourth-order valence-corrected chi connectivity index (χ4v) is 1.63. The second kappa shape index (κ2) is 5.61. The quantitative estimate of drug-likeness (QED) is 0.932. The second-order valence-electron chi connectivity index (χ2n) is 4.10. The monoisotopic (exact) mass is 277 g/mol. The number of anilines is 1. The lowest BCUT2D eigenvalue weighted by molar-refractivity contribution is -0.137. The molecule has 2 aromatic rings. The molecule has 0 fully saturated rings. The van der Waals surface area contributed by atoms with Gasteiger partial charge in [0.25, 0.3) is 0 Å². The van der Waals surface area contributed by atoms with Gasteiger partial charge < -0.3 is 5.32 Å². The van der Waals surface area contributed by atoms with Crippen LogP contribution in [0.25, 0.3) is 0 Å². The summed E-state index contributed by atoms with van der Waals surface area (Å²) in [6, 6.07) is 10.2. The molecule has 0 radical (unpaired) electrons. The van der Waals surface area contributed by atoms with Gasteiger partial charge in [0.05, 0.1) is 17.4 Å². The summed E-state index contributed by atoms with van der Waals surface area (Å²) >= 11 is 0. The highest BCUT2D eigenvalue weighted by Crippen LogP contribution is 2.29. The molecule has 0 spiro atoms. The molecule has 0 aliphatic rings. The number of benzene rings is 1. The Morgan fingerprint density at radius 1 is 1.20 bits per heavy atom. The number of alkyl halides is 3. The van der Waals surface area contributed by atoms with Gasteiger partial charge in [-0.25, -0.2) is 4.98 Å². The summed E-state index contributed by atoms with van der Waals surface area (Å²) in [6.07, 6.45) is -2.88. The van der Waals surface area contributed by atoms with Gasteiger partial charge in [-0.05, 0) is 29.8 Å². The number of hydrogen-bond acceptors (Lipinski definition) is 3. The van der Waals surface area contributed by atoms with E-state index in [0.29, 0.717) is 11.3 Å². The van der Waals surface area contributed by atoms with Crippen LogP contribution in [0, 0.1) is 11.3 Å². The molecule has 1 aromatic heterocycles. The first-order valence-corrected chi connectivity index (χ1v) is 5.75. The zero-order valence-electron chi connectivity index (χ0n) is 10.3. The molecule has 0 atom stereocenters. The normalized spacial score (nSPS) is 10.9. The van der Waals surface area contributed by atoms with E-state index in [1.165, 1.54) is 18.3 Å². The summed E-state index contributed by atoms with van der Waals surface area (Å²) in [5, 5.41) is 11.6. The van der Waals surface area contributed by atoms with Crippen molar-refractivity contribution < 1.29 is 13.2 Å². The standard InChI is InChI=1S/C14H10F3N3/c15-14(16,17)11-3-1-2-10(6-11)8-19-13-5-4-12(7-18)20-9-13/h1-6,9,19H,8H2. The lowest BCUT2D eigenvalue weighted by atomic mass is 10.1. The van der Waals surface area contributed by atoms with E-state index >= 15 is 0 Å². The lowest BCUT2D eigenvalue weighted by Crippen LogP contribution is -2.07. The van der Waals surface area contributed by atoms with Crippen LogP contribution in [0.5, 0.6) is 0 Å². The van der Waals surface area contributed by atoms with Crippen LogP contribution in [-0.4, -0.2) is 4.98 Å². The van der Waals surface area contributed by atoms with Gasteiger partial charge in [-0.1, -0.05) is 12.1 Å². The summed E-state index contributed by atoms with van der Waals surface area (Å²) in [4.78, 5) is 3.86. The highest BCUT2D eigenvalue weighted by Gasteiger charge is 2.30. The van der Waals surface area contributed by atoms with Crippen molar-refractivity contribution in [3.63, 3.8) is 0 Å². The fourth-order valence-electron chi connectivity index (χ4n) is 1.63. The number of nitriles is 1. The maximum absolute atomic E-state index is 12.6. The minimum absolute atomic E-state index is 0.248. The first kappa shape index (κ1) is 13.9. The van der Waals surface area contributed by atoms with Crippen molar-refractivity contribution in [2.45, 2.75) is 12.7 Å². The molecular formula is C14H10F3N3. The van der Waals surface area contributed by atoms with Crippen LogP contribution in [0.15, 0.2) is 42.6 Å². The number of hydrogen-bond donors (Lipinski definition) is 1. The Bertz CT molecular complexity index is 627. The molecule has 0 amide bonds. The van der Waals surface area contributed by atoms with Gasteiger partial charge in [-0.3, -0.25) is 0 Å². The molecule has 0 aliphatic heterocycles. The Morgan fingerprint density at radius 3 is 2.60 bits per heavy atom. The first-order valence-electron chi connectivity index (χ1n) is 5.75. The molecule has 102 valence electrons. The predicted octanol–water partition coefficient (Wildman–Crippen LogP) is 3.58. The number of nitrogens with one attached hydrogen (secondary N) is 1. The van der Waals surface area contributed by atoms with Crippen molar-refractivity contribution in [3.8, 4) is 6.07 Å². The minimum Gasteiger partial charge on any atom is -0.380 e. The second-order valence-corrected chi connectivity index (χ2v) is 4.10. The van der Waals surface area contributed by atoms with Gasteiger partial charge in [-0.2, -0.15) is 18.4 Å². The topological polar surface area (TPSA) is 48.7 Å². The van der Waals surface area contributed by atoms with E-state index in [1.807, 2.05) is 6.07 Å². The van der Waals surface area contributed by atoms with Gasteiger partial charge in [-0.15, -0.1) is 0 Å². The average Bonchev–Trinajstić information content (AvgIpc) is 2.45. The van der Waals surface area contributed by atoms with Crippen molar-refractivity contribution in [1.29, 1.82) is 5.26 Å². The molecule has 0 unspecified atom stereocenters. The Balaban J connectivity index is 2.05. The van der Waals surface area contributed by atoms with E-state index in [2.05, 4.69) is 10.3 Å². The maximum atomic E-state index is 12.6. The van der Waals surface area contributed by atoms with Crippen LogP contribution in [0.4, 0.5) is 18.9 Å². The molecule has 0 saturated carbocycles. The summed E-state index contributed by atoms with van der Waals surface area (Å²) in [5.41, 5.74) is 0.773. The number of pyridine rings is 1. The summed E-state index contributed by atoms with van der Waals surface area (Å²) in [7, 11) is 0. The van der Waals surface area contributed by atoms with E-state index in [1.54, 1.807) is 12.1 Å². The molecule has 3 nitrogen and oxygen atoms in total. The average molecular weight is 277 g/mol. The SMILES string of the molecule is N#Cc1ccc(NCc2cccc(C(F)(F)F)c2)cn1.